The molecule has 0 unspecified atom stereocenters. The number of nitrogens with one attached hydrogen (secondary N) is 1. The van der Waals surface area contributed by atoms with Crippen LogP contribution in [0.1, 0.15) is 49.1 Å². The standard InChI is InChI=1S/C15H24N2O/c1-11-9-13(12(2)17(11)3)10-15(18)16-14-7-5-4-6-8-14/h9,14H,4-8,10H2,1-3H3,(H,16,18). The Hall–Kier alpha value is -1.25. The molecule has 0 atom stereocenters. The van der Waals surface area contributed by atoms with Gasteiger partial charge in [-0.3, -0.25) is 4.79 Å². The van der Waals surface area contributed by atoms with E-state index in [4.69, 9.17) is 0 Å². The van der Waals surface area contributed by atoms with E-state index in [1.807, 2.05) is 7.05 Å². The fraction of sp³-hybridized carbons (Fsp3) is 0.667. The SMILES string of the molecule is Cc1cc(CC(=O)NC2CCCCC2)c(C)n1C. The summed E-state index contributed by atoms with van der Waals surface area (Å²) in [5, 5.41) is 3.18. The number of carbonyl (C=O) groups is 1. The van der Waals surface area contributed by atoms with Gasteiger partial charge < -0.3 is 9.88 Å². The van der Waals surface area contributed by atoms with Gasteiger partial charge in [0.25, 0.3) is 0 Å². The van der Waals surface area contributed by atoms with Crippen LogP contribution in [0.3, 0.4) is 0 Å². The Morgan fingerprint density at radius 1 is 1.33 bits per heavy atom. The number of carbonyl (C=O) groups excluding carboxylic acids is 1. The van der Waals surface area contributed by atoms with Crippen LogP contribution in [0.2, 0.25) is 0 Å². The van der Waals surface area contributed by atoms with Gasteiger partial charge in [0.2, 0.25) is 5.91 Å². The summed E-state index contributed by atoms with van der Waals surface area (Å²) in [6.07, 6.45) is 6.66. The number of aromatic nitrogens is 1. The molecule has 1 amide bonds. The van der Waals surface area contributed by atoms with E-state index in [-0.39, 0.29) is 5.91 Å². The summed E-state index contributed by atoms with van der Waals surface area (Å²) >= 11 is 0. The Balaban J connectivity index is 1.92. The monoisotopic (exact) mass is 248 g/mol. The van der Waals surface area contributed by atoms with Crippen molar-refractivity contribution >= 4 is 5.91 Å². The lowest BCUT2D eigenvalue weighted by molar-refractivity contribution is -0.121. The fourth-order valence-electron chi connectivity index (χ4n) is 2.81. The van der Waals surface area contributed by atoms with Crippen LogP contribution in [0.25, 0.3) is 0 Å². The van der Waals surface area contributed by atoms with Crippen LogP contribution >= 0.6 is 0 Å². The zero-order valence-corrected chi connectivity index (χ0v) is 11.8. The summed E-state index contributed by atoms with van der Waals surface area (Å²) in [6, 6.07) is 2.53. The Morgan fingerprint density at radius 3 is 2.56 bits per heavy atom. The second-order valence-corrected chi connectivity index (χ2v) is 5.53. The van der Waals surface area contributed by atoms with Crippen molar-refractivity contribution in [2.75, 3.05) is 0 Å². The molecule has 1 aromatic heterocycles. The third-order valence-corrected chi connectivity index (χ3v) is 4.20. The first-order valence-electron chi connectivity index (χ1n) is 6.99. The summed E-state index contributed by atoms with van der Waals surface area (Å²) < 4.78 is 2.14. The van der Waals surface area contributed by atoms with E-state index in [2.05, 4.69) is 29.8 Å². The fourth-order valence-corrected chi connectivity index (χ4v) is 2.81. The minimum absolute atomic E-state index is 0.176. The Bertz CT molecular complexity index is 428. The first-order chi connectivity index (χ1) is 8.58. The van der Waals surface area contributed by atoms with E-state index in [1.54, 1.807) is 0 Å². The molecule has 1 aliphatic rings. The van der Waals surface area contributed by atoms with Crippen molar-refractivity contribution in [2.24, 2.45) is 7.05 Å². The van der Waals surface area contributed by atoms with E-state index in [0.717, 1.165) is 18.4 Å². The Labute approximate surface area is 110 Å². The highest BCUT2D eigenvalue weighted by Gasteiger charge is 2.17. The highest BCUT2D eigenvalue weighted by molar-refractivity contribution is 5.79. The van der Waals surface area contributed by atoms with Crippen LogP contribution in [0.5, 0.6) is 0 Å². The van der Waals surface area contributed by atoms with E-state index in [1.165, 1.54) is 30.7 Å². The molecule has 1 saturated carbocycles. The number of aryl methyl sites for hydroxylation is 1. The molecule has 3 heteroatoms. The molecule has 3 nitrogen and oxygen atoms in total. The molecule has 0 aromatic carbocycles. The normalized spacial score (nSPS) is 16.8. The largest absolute Gasteiger partial charge is 0.353 e. The molecule has 0 spiro atoms. The van der Waals surface area contributed by atoms with E-state index in [9.17, 15) is 4.79 Å². The number of rotatable bonds is 3. The number of hydrogen-bond acceptors (Lipinski definition) is 1. The van der Waals surface area contributed by atoms with E-state index >= 15 is 0 Å². The van der Waals surface area contributed by atoms with E-state index < -0.39 is 0 Å². The average Bonchev–Trinajstić information content (AvgIpc) is 2.58. The van der Waals surface area contributed by atoms with Crippen molar-refractivity contribution in [3.05, 3.63) is 23.0 Å². The third-order valence-electron chi connectivity index (χ3n) is 4.20. The van der Waals surface area contributed by atoms with Crippen molar-refractivity contribution < 1.29 is 4.79 Å². The van der Waals surface area contributed by atoms with Crippen molar-refractivity contribution in [1.29, 1.82) is 0 Å². The van der Waals surface area contributed by atoms with Gasteiger partial charge in [-0.2, -0.15) is 0 Å². The lowest BCUT2D eigenvalue weighted by Gasteiger charge is -2.22. The molecule has 1 fully saturated rings. The maximum Gasteiger partial charge on any atom is 0.224 e. The molecule has 1 aliphatic carbocycles. The number of hydrogen-bond donors (Lipinski definition) is 1. The molecule has 1 heterocycles. The minimum Gasteiger partial charge on any atom is -0.353 e. The van der Waals surface area contributed by atoms with Gasteiger partial charge in [0.15, 0.2) is 0 Å². The molecule has 2 rings (SSSR count). The molecule has 18 heavy (non-hydrogen) atoms. The quantitative estimate of drug-likeness (QED) is 0.876. The molecular formula is C15H24N2O. The Kier molecular flexibility index (Phi) is 4.10. The van der Waals surface area contributed by atoms with Crippen LogP contribution in [0.4, 0.5) is 0 Å². The second-order valence-electron chi connectivity index (χ2n) is 5.53. The molecule has 1 aromatic rings. The summed E-state index contributed by atoms with van der Waals surface area (Å²) in [4.78, 5) is 12.0. The highest BCUT2D eigenvalue weighted by Crippen LogP contribution is 2.18. The molecule has 0 bridgehead atoms. The van der Waals surface area contributed by atoms with Gasteiger partial charge in [0.1, 0.15) is 0 Å². The summed E-state index contributed by atoms with van der Waals surface area (Å²) in [5.41, 5.74) is 3.57. The van der Waals surface area contributed by atoms with Gasteiger partial charge in [0, 0.05) is 24.5 Å². The van der Waals surface area contributed by atoms with Gasteiger partial charge in [-0.05, 0) is 38.3 Å². The predicted molar refractivity (Wildman–Crippen MR) is 73.6 cm³/mol. The first kappa shape index (κ1) is 13.2. The molecular weight excluding hydrogens is 224 g/mol. The predicted octanol–water partition coefficient (Wildman–Crippen LogP) is 2.63. The van der Waals surface area contributed by atoms with Gasteiger partial charge in [-0.15, -0.1) is 0 Å². The lowest BCUT2D eigenvalue weighted by atomic mass is 9.95. The van der Waals surface area contributed by atoms with Crippen molar-refractivity contribution in [2.45, 2.75) is 58.4 Å². The van der Waals surface area contributed by atoms with Crippen LogP contribution in [-0.4, -0.2) is 16.5 Å². The maximum absolute atomic E-state index is 12.0. The van der Waals surface area contributed by atoms with Crippen molar-refractivity contribution in [1.82, 2.24) is 9.88 Å². The summed E-state index contributed by atoms with van der Waals surface area (Å²) in [6.45, 7) is 4.16. The topological polar surface area (TPSA) is 34.0 Å². The zero-order valence-electron chi connectivity index (χ0n) is 11.8. The number of nitrogens with zero attached hydrogens (tertiary/aromatic N) is 1. The van der Waals surface area contributed by atoms with Crippen LogP contribution < -0.4 is 5.32 Å². The maximum atomic E-state index is 12.0. The highest BCUT2D eigenvalue weighted by atomic mass is 16.1. The van der Waals surface area contributed by atoms with Crippen molar-refractivity contribution in [3.63, 3.8) is 0 Å². The second kappa shape index (κ2) is 5.59. The summed E-state index contributed by atoms with van der Waals surface area (Å²) in [5.74, 6) is 0.176. The summed E-state index contributed by atoms with van der Waals surface area (Å²) in [7, 11) is 2.05. The third kappa shape index (κ3) is 2.95. The molecule has 0 aliphatic heterocycles. The molecule has 1 N–H and O–H groups in total. The zero-order chi connectivity index (χ0) is 13.1. The average molecular weight is 248 g/mol. The molecule has 0 radical (unpaired) electrons. The van der Waals surface area contributed by atoms with Gasteiger partial charge >= 0.3 is 0 Å². The first-order valence-corrected chi connectivity index (χ1v) is 6.99. The lowest BCUT2D eigenvalue weighted by Crippen LogP contribution is -2.37. The minimum atomic E-state index is 0.176. The smallest absolute Gasteiger partial charge is 0.224 e. The van der Waals surface area contributed by atoms with Gasteiger partial charge in [-0.25, -0.2) is 0 Å². The molecule has 0 saturated heterocycles. The van der Waals surface area contributed by atoms with E-state index in [0.29, 0.717) is 12.5 Å². The van der Waals surface area contributed by atoms with Crippen LogP contribution in [0, 0.1) is 13.8 Å². The van der Waals surface area contributed by atoms with Gasteiger partial charge in [-0.1, -0.05) is 19.3 Å². The van der Waals surface area contributed by atoms with Crippen LogP contribution in [0.15, 0.2) is 6.07 Å². The number of amides is 1. The van der Waals surface area contributed by atoms with Crippen molar-refractivity contribution in [3.8, 4) is 0 Å². The van der Waals surface area contributed by atoms with Gasteiger partial charge in [0.05, 0.1) is 6.42 Å². The van der Waals surface area contributed by atoms with Crippen LogP contribution in [-0.2, 0) is 18.3 Å². The Morgan fingerprint density at radius 2 is 2.00 bits per heavy atom. The molecule has 100 valence electrons.